The first-order valence-corrected chi connectivity index (χ1v) is 6.53. The first-order valence-electron chi connectivity index (χ1n) is 5.74. The van der Waals surface area contributed by atoms with Crippen molar-refractivity contribution in [2.75, 3.05) is 6.54 Å². The van der Waals surface area contributed by atoms with Crippen LogP contribution in [0.4, 0.5) is 0 Å². The summed E-state index contributed by atoms with van der Waals surface area (Å²) in [5.41, 5.74) is 2.56. The molecular weight excluding hydrogens is 278 g/mol. The molecule has 0 unspecified atom stereocenters. The van der Waals surface area contributed by atoms with E-state index in [1.54, 1.807) is 6.26 Å². The minimum atomic E-state index is 0.888. The van der Waals surface area contributed by atoms with Crippen molar-refractivity contribution in [1.82, 2.24) is 5.32 Å². The lowest BCUT2D eigenvalue weighted by Gasteiger charge is -2.05. The number of benzene rings is 1. The SMILES string of the molecule is Cc1ccc(CNCCc2ccco2)cc1Br. The fourth-order valence-electron chi connectivity index (χ4n) is 1.65. The Morgan fingerprint density at radius 1 is 1.29 bits per heavy atom. The lowest BCUT2D eigenvalue weighted by molar-refractivity contribution is 0.499. The number of halogens is 1. The first-order chi connectivity index (χ1) is 8.25. The predicted molar refractivity (Wildman–Crippen MR) is 73.0 cm³/mol. The number of nitrogens with one attached hydrogen (secondary N) is 1. The maximum absolute atomic E-state index is 5.27. The molecule has 90 valence electrons. The van der Waals surface area contributed by atoms with E-state index in [0.29, 0.717) is 0 Å². The molecule has 0 aliphatic rings. The topological polar surface area (TPSA) is 25.2 Å². The molecule has 0 saturated carbocycles. The number of hydrogen-bond donors (Lipinski definition) is 1. The van der Waals surface area contributed by atoms with Gasteiger partial charge in [-0.3, -0.25) is 0 Å². The highest BCUT2D eigenvalue weighted by atomic mass is 79.9. The highest BCUT2D eigenvalue weighted by Gasteiger charge is 1.98. The lowest BCUT2D eigenvalue weighted by Crippen LogP contribution is -2.16. The highest BCUT2D eigenvalue weighted by molar-refractivity contribution is 9.10. The van der Waals surface area contributed by atoms with E-state index in [4.69, 9.17) is 4.42 Å². The van der Waals surface area contributed by atoms with Gasteiger partial charge in [-0.15, -0.1) is 0 Å². The zero-order valence-electron chi connectivity index (χ0n) is 9.87. The number of rotatable bonds is 5. The van der Waals surface area contributed by atoms with Crippen LogP contribution >= 0.6 is 15.9 Å². The van der Waals surface area contributed by atoms with Gasteiger partial charge in [0.15, 0.2) is 0 Å². The molecule has 0 atom stereocenters. The van der Waals surface area contributed by atoms with Crippen LogP contribution < -0.4 is 5.32 Å². The molecule has 2 aromatic rings. The van der Waals surface area contributed by atoms with E-state index in [1.807, 2.05) is 12.1 Å². The van der Waals surface area contributed by atoms with Crippen molar-refractivity contribution in [3.63, 3.8) is 0 Å². The van der Waals surface area contributed by atoms with E-state index >= 15 is 0 Å². The summed E-state index contributed by atoms with van der Waals surface area (Å²) in [7, 11) is 0. The third kappa shape index (κ3) is 3.72. The zero-order valence-corrected chi connectivity index (χ0v) is 11.5. The summed E-state index contributed by atoms with van der Waals surface area (Å²) in [6.45, 7) is 3.91. The van der Waals surface area contributed by atoms with Crippen LogP contribution in [-0.4, -0.2) is 6.54 Å². The average molecular weight is 294 g/mol. The van der Waals surface area contributed by atoms with Crippen molar-refractivity contribution in [3.8, 4) is 0 Å². The Hall–Kier alpha value is -1.06. The monoisotopic (exact) mass is 293 g/mol. The number of furan rings is 1. The number of hydrogen-bond acceptors (Lipinski definition) is 2. The van der Waals surface area contributed by atoms with Crippen molar-refractivity contribution in [1.29, 1.82) is 0 Å². The Morgan fingerprint density at radius 2 is 2.18 bits per heavy atom. The van der Waals surface area contributed by atoms with Crippen molar-refractivity contribution in [3.05, 3.63) is 58.0 Å². The maximum Gasteiger partial charge on any atom is 0.105 e. The third-order valence-electron chi connectivity index (χ3n) is 2.69. The molecule has 0 bridgehead atoms. The quantitative estimate of drug-likeness (QED) is 0.851. The van der Waals surface area contributed by atoms with Crippen LogP contribution in [0.2, 0.25) is 0 Å². The highest BCUT2D eigenvalue weighted by Crippen LogP contribution is 2.17. The standard InChI is InChI=1S/C14H16BrNO/c1-11-4-5-12(9-14(11)15)10-16-7-6-13-3-2-8-17-13/h2-5,8-9,16H,6-7,10H2,1H3. The summed E-state index contributed by atoms with van der Waals surface area (Å²) in [5, 5.41) is 3.41. The van der Waals surface area contributed by atoms with E-state index in [-0.39, 0.29) is 0 Å². The predicted octanol–water partition coefficient (Wildman–Crippen LogP) is 3.68. The Bertz CT molecular complexity index is 465. The Balaban J connectivity index is 1.76. The van der Waals surface area contributed by atoms with E-state index in [1.165, 1.54) is 15.6 Å². The van der Waals surface area contributed by atoms with E-state index in [0.717, 1.165) is 25.3 Å². The van der Waals surface area contributed by atoms with Crippen molar-refractivity contribution < 1.29 is 4.42 Å². The largest absolute Gasteiger partial charge is 0.469 e. The first kappa shape index (κ1) is 12.4. The fraction of sp³-hybridized carbons (Fsp3) is 0.286. The molecule has 0 aliphatic carbocycles. The fourth-order valence-corrected chi connectivity index (χ4v) is 2.07. The molecule has 1 heterocycles. The van der Waals surface area contributed by atoms with Gasteiger partial charge >= 0.3 is 0 Å². The molecule has 0 saturated heterocycles. The maximum atomic E-state index is 5.27. The molecular formula is C14H16BrNO. The Kier molecular flexibility index (Phi) is 4.40. The normalized spacial score (nSPS) is 10.7. The zero-order chi connectivity index (χ0) is 12.1. The molecule has 0 fully saturated rings. The van der Waals surface area contributed by atoms with Crippen LogP contribution in [0.5, 0.6) is 0 Å². The number of aryl methyl sites for hydroxylation is 1. The van der Waals surface area contributed by atoms with Crippen LogP contribution in [0.1, 0.15) is 16.9 Å². The summed E-state index contributed by atoms with van der Waals surface area (Å²) >= 11 is 3.54. The molecule has 1 N–H and O–H groups in total. The van der Waals surface area contributed by atoms with Gasteiger partial charge in [0.05, 0.1) is 6.26 Å². The second-order valence-corrected chi connectivity index (χ2v) is 4.94. The van der Waals surface area contributed by atoms with E-state index < -0.39 is 0 Å². The molecule has 1 aromatic carbocycles. The summed E-state index contributed by atoms with van der Waals surface area (Å²) in [6.07, 6.45) is 2.65. The van der Waals surface area contributed by atoms with Gasteiger partial charge in [0.2, 0.25) is 0 Å². The van der Waals surface area contributed by atoms with Gasteiger partial charge < -0.3 is 9.73 Å². The summed E-state index contributed by atoms with van der Waals surface area (Å²) in [4.78, 5) is 0. The molecule has 0 radical (unpaired) electrons. The van der Waals surface area contributed by atoms with Gasteiger partial charge in [-0.25, -0.2) is 0 Å². The van der Waals surface area contributed by atoms with Crippen molar-refractivity contribution >= 4 is 15.9 Å². The third-order valence-corrected chi connectivity index (χ3v) is 3.55. The molecule has 2 nitrogen and oxygen atoms in total. The summed E-state index contributed by atoms with van der Waals surface area (Å²) in [6, 6.07) is 10.4. The van der Waals surface area contributed by atoms with Gasteiger partial charge in [0.1, 0.15) is 5.76 Å². The van der Waals surface area contributed by atoms with Crippen LogP contribution in [0, 0.1) is 6.92 Å². The Morgan fingerprint density at radius 3 is 2.88 bits per heavy atom. The molecule has 17 heavy (non-hydrogen) atoms. The second kappa shape index (κ2) is 6.03. The van der Waals surface area contributed by atoms with Gasteiger partial charge in [-0.1, -0.05) is 28.1 Å². The molecule has 0 aliphatic heterocycles. The van der Waals surface area contributed by atoms with Crippen LogP contribution in [0.3, 0.4) is 0 Å². The van der Waals surface area contributed by atoms with Crippen molar-refractivity contribution in [2.24, 2.45) is 0 Å². The van der Waals surface area contributed by atoms with Gasteiger partial charge in [-0.05, 0) is 36.2 Å². The van der Waals surface area contributed by atoms with E-state index in [2.05, 4.69) is 46.4 Å². The van der Waals surface area contributed by atoms with Gasteiger partial charge in [0.25, 0.3) is 0 Å². The minimum absolute atomic E-state index is 0.888. The summed E-state index contributed by atoms with van der Waals surface area (Å²) < 4.78 is 6.44. The van der Waals surface area contributed by atoms with Crippen LogP contribution in [0.15, 0.2) is 45.5 Å². The lowest BCUT2D eigenvalue weighted by atomic mass is 10.1. The van der Waals surface area contributed by atoms with Gasteiger partial charge in [0, 0.05) is 24.0 Å². The van der Waals surface area contributed by atoms with Crippen LogP contribution in [-0.2, 0) is 13.0 Å². The molecule has 1 aromatic heterocycles. The molecule has 0 spiro atoms. The molecule has 2 rings (SSSR count). The second-order valence-electron chi connectivity index (χ2n) is 4.09. The average Bonchev–Trinajstić information content (AvgIpc) is 2.82. The smallest absolute Gasteiger partial charge is 0.105 e. The summed E-state index contributed by atoms with van der Waals surface area (Å²) in [5.74, 6) is 1.03. The minimum Gasteiger partial charge on any atom is -0.469 e. The molecule has 3 heteroatoms. The molecule has 0 amide bonds. The van der Waals surface area contributed by atoms with Gasteiger partial charge in [-0.2, -0.15) is 0 Å². The van der Waals surface area contributed by atoms with Crippen LogP contribution in [0.25, 0.3) is 0 Å². The van der Waals surface area contributed by atoms with Crippen molar-refractivity contribution in [2.45, 2.75) is 19.9 Å². The van der Waals surface area contributed by atoms with E-state index in [9.17, 15) is 0 Å². The Labute approximate surface area is 110 Å².